The third-order valence-corrected chi connectivity index (χ3v) is 4.43. The van der Waals surface area contributed by atoms with Crippen LogP contribution in [-0.2, 0) is 4.79 Å². The fourth-order valence-corrected chi connectivity index (χ4v) is 2.98. The van der Waals surface area contributed by atoms with Crippen LogP contribution in [0.15, 0.2) is 53.2 Å². The summed E-state index contributed by atoms with van der Waals surface area (Å²) in [6.45, 7) is 1.43. The topological polar surface area (TPSA) is 53.8 Å². The molecule has 130 valence electrons. The van der Waals surface area contributed by atoms with Gasteiger partial charge in [-0.3, -0.25) is 9.59 Å². The van der Waals surface area contributed by atoms with E-state index in [1.165, 1.54) is 4.90 Å². The van der Waals surface area contributed by atoms with Gasteiger partial charge in [-0.2, -0.15) is 0 Å². The number of likely N-dealkylation sites (tertiary alicyclic amines) is 1. The van der Waals surface area contributed by atoms with Crippen LogP contribution in [0, 0.1) is 0 Å². The summed E-state index contributed by atoms with van der Waals surface area (Å²) in [4.78, 5) is 27.6. The Labute approximate surface area is 147 Å². The van der Waals surface area contributed by atoms with Crippen molar-refractivity contribution in [3.63, 3.8) is 0 Å². The third kappa shape index (κ3) is 3.99. The number of carbonyl (C=O) groups excluding carboxylic acids is 2. The maximum atomic E-state index is 12.3. The van der Waals surface area contributed by atoms with Gasteiger partial charge in [-0.25, -0.2) is 0 Å². The summed E-state index contributed by atoms with van der Waals surface area (Å²) in [5.41, 5.74) is 1.53. The molecule has 0 aliphatic carbocycles. The van der Waals surface area contributed by atoms with Crippen LogP contribution in [0.1, 0.15) is 34.0 Å². The Morgan fingerprint density at radius 3 is 2.60 bits per heavy atom. The average molecular weight is 338 g/mol. The molecule has 25 heavy (non-hydrogen) atoms. The quantitative estimate of drug-likeness (QED) is 0.805. The maximum Gasteiger partial charge on any atom is 0.253 e. The average Bonchev–Trinajstić information content (AvgIpc) is 3.30. The van der Waals surface area contributed by atoms with Gasteiger partial charge < -0.3 is 14.2 Å². The van der Waals surface area contributed by atoms with Gasteiger partial charge in [-0.15, -0.1) is 0 Å². The van der Waals surface area contributed by atoms with Crippen molar-refractivity contribution in [3.8, 4) is 0 Å². The number of carbonyl (C=O) groups is 2. The summed E-state index contributed by atoms with van der Waals surface area (Å²) in [5.74, 6) is 1.19. The van der Waals surface area contributed by atoms with Gasteiger partial charge in [0.15, 0.2) is 0 Å². The van der Waals surface area contributed by atoms with Crippen molar-refractivity contribution in [1.29, 1.82) is 0 Å². The van der Waals surface area contributed by atoms with E-state index in [1.807, 2.05) is 29.2 Å². The van der Waals surface area contributed by atoms with Gasteiger partial charge in [0.05, 0.1) is 6.26 Å². The molecule has 1 aromatic carbocycles. The highest BCUT2D eigenvalue weighted by atomic mass is 16.3. The molecule has 0 bridgehead atoms. The zero-order valence-corrected chi connectivity index (χ0v) is 14.5. The van der Waals surface area contributed by atoms with Crippen LogP contribution in [0.4, 0.5) is 0 Å². The predicted octanol–water partition coefficient (Wildman–Crippen LogP) is 3.01. The Balaban J connectivity index is 1.58. The number of amides is 2. The number of nitrogens with zero attached hydrogens (tertiary/aromatic N) is 2. The molecule has 0 spiro atoms. The van der Waals surface area contributed by atoms with E-state index in [0.29, 0.717) is 12.1 Å². The molecule has 5 heteroatoms. The number of hydrogen-bond acceptors (Lipinski definition) is 3. The first-order chi connectivity index (χ1) is 12.0. The predicted molar refractivity (Wildman–Crippen MR) is 96.1 cm³/mol. The summed E-state index contributed by atoms with van der Waals surface area (Å²) < 4.78 is 5.44. The van der Waals surface area contributed by atoms with E-state index >= 15 is 0 Å². The van der Waals surface area contributed by atoms with Crippen LogP contribution in [0.2, 0.25) is 0 Å². The van der Waals surface area contributed by atoms with Crippen molar-refractivity contribution in [3.05, 3.63) is 65.6 Å². The molecule has 0 radical (unpaired) electrons. The highest BCUT2D eigenvalue weighted by molar-refractivity contribution is 5.94. The minimum absolute atomic E-state index is 0.00232. The van der Waals surface area contributed by atoms with Gasteiger partial charge in [-0.05, 0) is 42.3 Å². The van der Waals surface area contributed by atoms with Crippen molar-refractivity contribution in [2.24, 2.45) is 0 Å². The lowest BCUT2D eigenvalue weighted by atomic mass is 10.1. The number of hydrogen-bond donors (Lipinski definition) is 0. The number of rotatable bonds is 4. The molecule has 5 nitrogen and oxygen atoms in total. The lowest BCUT2D eigenvalue weighted by Crippen LogP contribution is -2.26. The lowest BCUT2D eigenvalue weighted by molar-refractivity contribution is -0.125. The van der Waals surface area contributed by atoms with Crippen LogP contribution in [0.25, 0.3) is 6.08 Å². The standard InChI is InChI=1S/C20H22N2O3/c1-21(2)20(24)16-8-5-15(6-9-16)7-10-19(23)22-12-11-17(14-22)18-4-3-13-25-18/h3-10,13,17H,11-12,14H2,1-2H3/b10-7+. The Morgan fingerprint density at radius 1 is 1.20 bits per heavy atom. The van der Waals surface area contributed by atoms with Gasteiger partial charge in [0, 0.05) is 44.7 Å². The number of benzene rings is 1. The van der Waals surface area contributed by atoms with Crippen molar-refractivity contribution < 1.29 is 14.0 Å². The second kappa shape index (κ2) is 7.38. The van der Waals surface area contributed by atoms with Crippen LogP contribution < -0.4 is 0 Å². The minimum Gasteiger partial charge on any atom is -0.469 e. The molecule has 1 aromatic heterocycles. The molecule has 1 aliphatic rings. The molecule has 1 unspecified atom stereocenters. The second-order valence-electron chi connectivity index (χ2n) is 6.44. The molecular weight excluding hydrogens is 316 g/mol. The number of furan rings is 1. The van der Waals surface area contributed by atoms with Gasteiger partial charge in [0.2, 0.25) is 5.91 Å². The molecule has 0 saturated carbocycles. The molecule has 2 aromatic rings. The smallest absolute Gasteiger partial charge is 0.253 e. The Bertz CT molecular complexity index is 761. The molecule has 0 N–H and O–H groups in total. The largest absolute Gasteiger partial charge is 0.469 e. The van der Waals surface area contributed by atoms with E-state index in [4.69, 9.17) is 4.42 Å². The van der Waals surface area contributed by atoms with Gasteiger partial charge in [0.25, 0.3) is 5.91 Å². The fraction of sp³-hybridized carbons (Fsp3) is 0.300. The monoisotopic (exact) mass is 338 g/mol. The van der Waals surface area contributed by atoms with Crippen molar-refractivity contribution >= 4 is 17.9 Å². The second-order valence-corrected chi connectivity index (χ2v) is 6.44. The van der Waals surface area contributed by atoms with E-state index in [9.17, 15) is 9.59 Å². The summed E-state index contributed by atoms with van der Waals surface area (Å²) in [7, 11) is 3.45. The molecule has 2 heterocycles. The minimum atomic E-state index is -0.0346. The van der Waals surface area contributed by atoms with Crippen molar-refractivity contribution in [1.82, 2.24) is 9.80 Å². The molecule has 1 atom stereocenters. The summed E-state index contributed by atoms with van der Waals surface area (Å²) in [6, 6.07) is 11.1. The fourth-order valence-electron chi connectivity index (χ4n) is 2.98. The highest BCUT2D eigenvalue weighted by Crippen LogP contribution is 2.27. The van der Waals surface area contributed by atoms with E-state index in [0.717, 1.165) is 24.3 Å². The van der Waals surface area contributed by atoms with Gasteiger partial charge in [0.1, 0.15) is 5.76 Å². The Morgan fingerprint density at radius 2 is 1.96 bits per heavy atom. The van der Waals surface area contributed by atoms with Crippen LogP contribution >= 0.6 is 0 Å². The van der Waals surface area contributed by atoms with Crippen LogP contribution in [0.3, 0.4) is 0 Å². The van der Waals surface area contributed by atoms with Crippen LogP contribution in [-0.4, -0.2) is 48.8 Å². The van der Waals surface area contributed by atoms with E-state index in [-0.39, 0.29) is 17.7 Å². The molecule has 1 saturated heterocycles. The first-order valence-corrected chi connectivity index (χ1v) is 8.36. The molecule has 1 aliphatic heterocycles. The van der Waals surface area contributed by atoms with Crippen LogP contribution in [0.5, 0.6) is 0 Å². The van der Waals surface area contributed by atoms with Crippen molar-refractivity contribution in [2.75, 3.05) is 27.2 Å². The highest BCUT2D eigenvalue weighted by Gasteiger charge is 2.27. The summed E-state index contributed by atoms with van der Waals surface area (Å²) in [5, 5.41) is 0. The molecular formula is C20H22N2O3. The first kappa shape index (κ1) is 17.0. The first-order valence-electron chi connectivity index (χ1n) is 8.36. The van der Waals surface area contributed by atoms with E-state index < -0.39 is 0 Å². The van der Waals surface area contributed by atoms with E-state index in [2.05, 4.69) is 0 Å². The zero-order chi connectivity index (χ0) is 17.8. The van der Waals surface area contributed by atoms with Gasteiger partial charge in [-0.1, -0.05) is 12.1 Å². The Hall–Kier alpha value is -2.82. The Kier molecular flexibility index (Phi) is 5.03. The van der Waals surface area contributed by atoms with Gasteiger partial charge >= 0.3 is 0 Å². The normalized spacial score (nSPS) is 17.2. The zero-order valence-electron chi connectivity index (χ0n) is 14.5. The lowest BCUT2D eigenvalue weighted by Gasteiger charge is -2.13. The summed E-state index contributed by atoms with van der Waals surface area (Å²) in [6.07, 6.45) is 5.97. The SMILES string of the molecule is CN(C)C(=O)c1ccc(/C=C/C(=O)N2CCC(c3ccco3)C2)cc1. The molecule has 3 rings (SSSR count). The summed E-state index contributed by atoms with van der Waals surface area (Å²) >= 11 is 0. The van der Waals surface area contributed by atoms with Crippen molar-refractivity contribution in [2.45, 2.75) is 12.3 Å². The van der Waals surface area contributed by atoms with E-state index in [1.54, 1.807) is 44.6 Å². The third-order valence-electron chi connectivity index (χ3n) is 4.43. The molecule has 1 fully saturated rings. The molecule has 2 amide bonds. The maximum absolute atomic E-state index is 12.3.